The van der Waals surface area contributed by atoms with Crippen molar-refractivity contribution in [1.82, 2.24) is 15.6 Å². The molecular weight excluding hydrogens is 532 g/mol. The summed E-state index contributed by atoms with van der Waals surface area (Å²) in [5.74, 6) is 2.05. The highest BCUT2D eigenvalue weighted by Gasteiger charge is 2.21. The van der Waals surface area contributed by atoms with Crippen molar-refractivity contribution in [2.75, 3.05) is 40.0 Å². The van der Waals surface area contributed by atoms with Gasteiger partial charge in [0.05, 0.1) is 31.5 Å². The molecule has 9 heteroatoms. The van der Waals surface area contributed by atoms with Gasteiger partial charge in [0, 0.05) is 42.8 Å². The Hall–Kier alpha value is -4.39. The van der Waals surface area contributed by atoms with Crippen LogP contribution in [0.3, 0.4) is 0 Å². The summed E-state index contributed by atoms with van der Waals surface area (Å²) in [6, 6.07) is 17.0. The Morgan fingerprint density at radius 1 is 1.05 bits per heavy atom. The van der Waals surface area contributed by atoms with Gasteiger partial charge < -0.3 is 29.3 Å². The van der Waals surface area contributed by atoms with E-state index in [4.69, 9.17) is 18.6 Å². The van der Waals surface area contributed by atoms with Crippen LogP contribution in [0.2, 0.25) is 0 Å². The highest BCUT2D eigenvalue weighted by atomic mass is 16.5. The smallest absolute Gasteiger partial charge is 0.251 e. The summed E-state index contributed by atoms with van der Waals surface area (Å²) in [4.78, 5) is 17.4. The van der Waals surface area contributed by atoms with Crippen molar-refractivity contribution in [2.24, 2.45) is 5.92 Å². The van der Waals surface area contributed by atoms with Gasteiger partial charge in [0.2, 0.25) is 0 Å². The average molecular weight is 567 g/mol. The maximum Gasteiger partial charge on any atom is 0.251 e. The first-order chi connectivity index (χ1) is 20.6. The molecule has 2 aromatic heterocycles. The standard InChI is InChI=1S/C33H34N4O5/c1-39-30-17-23(33(38)37-20-21-6-11-35-12-7-21)2-4-27(30)31-18-28-32(42-31)26(8-13-36-28)22-3-5-29(24(16-22)19-34)41-25-9-14-40-15-10-25/h2-5,8,13,16-18,21,25,35H,6-7,9-12,14-15,20H2,1H3,(H,37,38). The van der Waals surface area contributed by atoms with Crippen LogP contribution >= 0.6 is 0 Å². The minimum absolute atomic E-state index is 0.0406. The van der Waals surface area contributed by atoms with Crippen LogP contribution in [0.5, 0.6) is 11.5 Å². The SMILES string of the molecule is COc1cc(C(=O)NCC2CCNCC2)ccc1-c1cc2nccc(-c3ccc(OC4CCOCC4)c(C#N)c3)c2o1. The quantitative estimate of drug-likeness (QED) is 0.294. The van der Waals surface area contributed by atoms with Crippen molar-refractivity contribution in [3.8, 4) is 40.0 Å². The van der Waals surface area contributed by atoms with E-state index in [0.29, 0.717) is 70.7 Å². The van der Waals surface area contributed by atoms with Crippen molar-refractivity contribution < 1.29 is 23.4 Å². The van der Waals surface area contributed by atoms with Crippen molar-refractivity contribution in [3.05, 3.63) is 65.9 Å². The van der Waals surface area contributed by atoms with Gasteiger partial charge in [0.15, 0.2) is 5.58 Å². The molecule has 0 saturated carbocycles. The van der Waals surface area contributed by atoms with Crippen molar-refractivity contribution in [1.29, 1.82) is 5.26 Å². The second-order valence-electron chi connectivity index (χ2n) is 10.8. The van der Waals surface area contributed by atoms with Gasteiger partial charge in [-0.1, -0.05) is 6.07 Å². The molecule has 4 heterocycles. The number of carbonyl (C=O) groups is 1. The van der Waals surface area contributed by atoms with Gasteiger partial charge >= 0.3 is 0 Å². The van der Waals surface area contributed by atoms with Crippen molar-refractivity contribution in [3.63, 3.8) is 0 Å². The summed E-state index contributed by atoms with van der Waals surface area (Å²) < 4.78 is 23.6. The zero-order chi connectivity index (χ0) is 28.9. The Kier molecular flexibility index (Phi) is 8.35. The zero-order valence-corrected chi connectivity index (χ0v) is 23.7. The van der Waals surface area contributed by atoms with E-state index in [1.807, 2.05) is 36.4 Å². The van der Waals surface area contributed by atoms with Crippen molar-refractivity contribution >= 4 is 17.0 Å². The van der Waals surface area contributed by atoms with E-state index >= 15 is 0 Å². The Morgan fingerprint density at radius 3 is 2.67 bits per heavy atom. The third-order valence-corrected chi connectivity index (χ3v) is 8.02. The highest BCUT2D eigenvalue weighted by Crippen LogP contribution is 2.38. The molecule has 1 amide bonds. The molecule has 0 spiro atoms. The lowest BCUT2D eigenvalue weighted by atomic mass is 9.98. The fourth-order valence-electron chi connectivity index (χ4n) is 5.62. The molecule has 0 unspecified atom stereocenters. The number of pyridine rings is 1. The number of carbonyl (C=O) groups excluding carboxylic acids is 1. The molecule has 2 saturated heterocycles. The van der Waals surface area contributed by atoms with Crippen LogP contribution in [0.4, 0.5) is 0 Å². The predicted octanol–water partition coefficient (Wildman–Crippen LogP) is 5.33. The van der Waals surface area contributed by atoms with Crippen LogP contribution < -0.4 is 20.1 Å². The molecule has 0 aliphatic carbocycles. The van der Waals surface area contributed by atoms with Crippen molar-refractivity contribution in [2.45, 2.75) is 31.8 Å². The number of hydrogen-bond acceptors (Lipinski definition) is 8. The number of ether oxygens (including phenoxy) is 3. The van der Waals surface area contributed by atoms with Gasteiger partial charge in [-0.25, -0.2) is 0 Å². The van der Waals surface area contributed by atoms with Crippen LogP contribution in [-0.2, 0) is 4.74 Å². The Morgan fingerprint density at radius 2 is 1.88 bits per heavy atom. The fourth-order valence-corrected chi connectivity index (χ4v) is 5.62. The van der Waals surface area contributed by atoms with E-state index in [0.717, 1.165) is 49.9 Å². The van der Waals surface area contributed by atoms with Gasteiger partial charge in [0.1, 0.15) is 34.9 Å². The van der Waals surface area contributed by atoms with Gasteiger partial charge in [-0.3, -0.25) is 9.78 Å². The van der Waals surface area contributed by atoms with E-state index in [-0.39, 0.29) is 12.0 Å². The molecule has 9 nitrogen and oxygen atoms in total. The largest absolute Gasteiger partial charge is 0.496 e. The molecule has 6 rings (SSSR count). The first-order valence-electron chi connectivity index (χ1n) is 14.5. The number of methoxy groups -OCH3 is 1. The molecule has 2 fully saturated rings. The lowest BCUT2D eigenvalue weighted by molar-refractivity contribution is 0.0254. The summed E-state index contributed by atoms with van der Waals surface area (Å²) in [6.45, 7) is 3.98. The van der Waals surface area contributed by atoms with E-state index in [1.54, 1.807) is 25.4 Å². The number of piperidine rings is 1. The normalized spacial score (nSPS) is 16.2. The zero-order valence-electron chi connectivity index (χ0n) is 23.7. The van der Waals surface area contributed by atoms with Crippen LogP contribution in [0.15, 0.2) is 59.1 Å². The number of aromatic nitrogens is 1. The van der Waals surface area contributed by atoms with E-state index in [9.17, 15) is 10.1 Å². The lowest BCUT2D eigenvalue weighted by Crippen LogP contribution is -2.35. The van der Waals surface area contributed by atoms with Crippen LogP contribution in [0, 0.1) is 17.2 Å². The van der Waals surface area contributed by atoms with Crippen LogP contribution in [-0.4, -0.2) is 57.0 Å². The monoisotopic (exact) mass is 566 g/mol. The summed E-state index contributed by atoms with van der Waals surface area (Å²) in [6.07, 6.45) is 5.51. The number of nitrogens with one attached hydrogen (secondary N) is 2. The van der Waals surface area contributed by atoms with Gasteiger partial charge in [0.25, 0.3) is 5.91 Å². The number of furan rings is 1. The number of nitrogens with zero attached hydrogens (tertiary/aromatic N) is 2. The lowest BCUT2D eigenvalue weighted by Gasteiger charge is -2.23. The first-order valence-corrected chi connectivity index (χ1v) is 14.5. The molecule has 216 valence electrons. The van der Waals surface area contributed by atoms with Gasteiger partial charge in [-0.2, -0.15) is 5.26 Å². The third-order valence-electron chi connectivity index (χ3n) is 8.02. The number of fused-ring (bicyclic) bond motifs is 1. The molecule has 4 aromatic rings. The molecule has 2 aromatic carbocycles. The van der Waals surface area contributed by atoms with E-state index < -0.39 is 0 Å². The molecule has 0 atom stereocenters. The Labute approximate surface area is 244 Å². The molecule has 2 aliphatic rings. The average Bonchev–Trinajstić information content (AvgIpc) is 3.49. The van der Waals surface area contributed by atoms with Gasteiger partial charge in [-0.15, -0.1) is 0 Å². The minimum Gasteiger partial charge on any atom is -0.496 e. The topological polar surface area (TPSA) is 119 Å². The second-order valence-corrected chi connectivity index (χ2v) is 10.8. The van der Waals surface area contributed by atoms with Crippen LogP contribution in [0.1, 0.15) is 41.6 Å². The molecular formula is C33H34N4O5. The summed E-state index contributed by atoms with van der Waals surface area (Å²) in [5, 5.41) is 16.3. The number of rotatable bonds is 8. The Balaban J connectivity index is 1.25. The maximum absolute atomic E-state index is 12.9. The Bertz CT molecular complexity index is 1610. The fraction of sp³-hybridized carbons (Fsp3) is 0.364. The molecule has 2 N–H and O–H groups in total. The van der Waals surface area contributed by atoms with E-state index in [1.165, 1.54) is 0 Å². The summed E-state index contributed by atoms with van der Waals surface area (Å²) >= 11 is 0. The number of amides is 1. The number of nitriles is 1. The van der Waals surface area contributed by atoms with Crippen LogP contribution in [0.25, 0.3) is 33.6 Å². The summed E-state index contributed by atoms with van der Waals surface area (Å²) in [5.41, 5.74) is 4.63. The number of hydrogen-bond donors (Lipinski definition) is 2. The number of benzene rings is 2. The molecule has 2 aliphatic heterocycles. The van der Waals surface area contributed by atoms with E-state index in [2.05, 4.69) is 21.7 Å². The predicted molar refractivity (Wildman–Crippen MR) is 159 cm³/mol. The third kappa shape index (κ3) is 5.96. The first kappa shape index (κ1) is 27.8. The second kappa shape index (κ2) is 12.6. The summed E-state index contributed by atoms with van der Waals surface area (Å²) in [7, 11) is 1.58. The maximum atomic E-state index is 12.9. The molecule has 0 bridgehead atoms. The molecule has 0 radical (unpaired) electrons. The van der Waals surface area contributed by atoms with Gasteiger partial charge in [-0.05, 0) is 73.8 Å². The minimum atomic E-state index is -0.121. The highest BCUT2D eigenvalue weighted by molar-refractivity contribution is 5.96. The molecule has 42 heavy (non-hydrogen) atoms.